The van der Waals surface area contributed by atoms with Crippen molar-refractivity contribution in [2.45, 2.75) is 6.54 Å². The third-order valence-electron chi connectivity index (χ3n) is 4.10. The summed E-state index contributed by atoms with van der Waals surface area (Å²) in [6, 6.07) is 8.23. The van der Waals surface area contributed by atoms with Crippen LogP contribution in [0.4, 0.5) is 0 Å². The second-order valence-electron chi connectivity index (χ2n) is 5.63. The van der Waals surface area contributed by atoms with Gasteiger partial charge in [0.15, 0.2) is 0 Å². The molecule has 1 N–H and O–H groups in total. The third-order valence-corrected chi connectivity index (χ3v) is 5.12. The van der Waals surface area contributed by atoms with Crippen LogP contribution in [-0.2, 0) is 6.54 Å². The number of amides is 1. The fourth-order valence-electron chi connectivity index (χ4n) is 2.84. The van der Waals surface area contributed by atoms with Crippen molar-refractivity contribution >= 4 is 27.5 Å². The zero-order chi connectivity index (χ0) is 15.6. The number of nitrogens with zero attached hydrogens (tertiary/aromatic N) is 4. The van der Waals surface area contributed by atoms with E-state index in [9.17, 15) is 4.79 Å². The number of hydrogen-bond donors (Lipinski definition) is 1. The molecule has 2 aromatic heterocycles. The molecule has 118 valence electrons. The molecule has 4 rings (SSSR count). The van der Waals surface area contributed by atoms with Gasteiger partial charge >= 0.3 is 0 Å². The van der Waals surface area contributed by atoms with E-state index in [-0.39, 0.29) is 5.91 Å². The van der Waals surface area contributed by atoms with Crippen LogP contribution < -0.4 is 0 Å². The number of H-pyrrole nitrogens is 1. The normalized spacial score (nSPS) is 16.1. The van der Waals surface area contributed by atoms with E-state index in [4.69, 9.17) is 0 Å². The van der Waals surface area contributed by atoms with E-state index in [1.54, 1.807) is 23.7 Å². The molecule has 0 saturated carbocycles. The van der Waals surface area contributed by atoms with Gasteiger partial charge in [0.1, 0.15) is 5.01 Å². The standard InChI is InChI=1S/C16H17N5OS/c22-16(12-9-17-18-10-12)21-7-5-20(6-8-21)11-15-19-13-3-1-2-4-14(13)23-15/h1-4,9-10H,5-8,11H2,(H,17,18). The van der Waals surface area contributed by atoms with E-state index in [1.165, 1.54) is 4.70 Å². The molecule has 3 heterocycles. The summed E-state index contributed by atoms with van der Waals surface area (Å²) in [5.41, 5.74) is 1.70. The SMILES string of the molecule is O=C(c1cn[nH]c1)N1CCN(Cc2nc3ccccc3s2)CC1. The van der Waals surface area contributed by atoms with Crippen LogP contribution in [0.15, 0.2) is 36.7 Å². The topological polar surface area (TPSA) is 65.1 Å². The summed E-state index contributed by atoms with van der Waals surface area (Å²) in [6.07, 6.45) is 3.23. The highest BCUT2D eigenvalue weighted by atomic mass is 32.1. The van der Waals surface area contributed by atoms with Crippen molar-refractivity contribution in [1.29, 1.82) is 0 Å². The van der Waals surface area contributed by atoms with Crippen LogP contribution in [-0.4, -0.2) is 57.1 Å². The van der Waals surface area contributed by atoms with Gasteiger partial charge in [0.05, 0.1) is 28.5 Å². The number of thiazole rings is 1. The highest BCUT2D eigenvalue weighted by Gasteiger charge is 2.23. The number of hydrogen-bond acceptors (Lipinski definition) is 5. The molecule has 0 bridgehead atoms. The van der Waals surface area contributed by atoms with Gasteiger partial charge in [0.25, 0.3) is 5.91 Å². The number of aromatic amines is 1. The predicted molar refractivity (Wildman–Crippen MR) is 89.4 cm³/mol. The third kappa shape index (κ3) is 2.97. The minimum Gasteiger partial charge on any atom is -0.336 e. The number of benzene rings is 1. The van der Waals surface area contributed by atoms with E-state index in [1.807, 2.05) is 17.0 Å². The summed E-state index contributed by atoms with van der Waals surface area (Å²) in [4.78, 5) is 21.2. The van der Waals surface area contributed by atoms with Gasteiger partial charge in [0.2, 0.25) is 0 Å². The van der Waals surface area contributed by atoms with Crippen LogP contribution in [0.25, 0.3) is 10.2 Å². The molecule has 6 nitrogen and oxygen atoms in total. The highest BCUT2D eigenvalue weighted by Crippen LogP contribution is 2.23. The average Bonchev–Trinajstić information content (AvgIpc) is 3.24. The lowest BCUT2D eigenvalue weighted by molar-refractivity contribution is 0.0628. The van der Waals surface area contributed by atoms with E-state index in [0.717, 1.165) is 43.2 Å². The first-order chi connectivity index (χ1) is 11.3. The van der Waals surface area contributed by atoms with Gasteiger partial charge < -0.3 is 4.90 Å². The average molecular weight is 327 g/mol. The minimum absolute atomic E-state index is 0.0541. The molecule has 0 unspecified atom stereocenters. The van der Waals surface area contributed by atoms with Gasteiger partial charge in [-0.2, -0.15) is 5.10 Å². The van der Waals surface area contributed by atoms with Crippen molar-refractivity contribution in [2.75, 3.05) is 26.2 Å². The Morgan fingerprint density at radius 2 is 2.04 bits per heavy atom. The van der Waals surface area contributed by atoms with Gasteiger partial charge in [0, 0.05) is 32.4 Å². The molecule has 1 fully saturated rings. The van der Waals surface area contributed by atoms with Gasteiger partial charge in [-0.1, -0.05) is 12.1 Å². The Labute approximate surface area is 137 Å². The van der Waals surface area contributed by atoms with Crippen LogP contribution >= 0.6 is 11.3 Å². The molecule has 1 amide bonds. The molecule has 0 atom stereocenters. The van der Waals surface area contributed by atoms with Crippen molar-refractivity contribution in [2.24, 2.45) is 0 Å². The van der Waals surface area contributed by atoms with Crippen molar-refractivity contribution in [1.82, 2.24) is 25.0 Å². The first kappa shape index (κ1) is 14.3. The molecule has 0 radical (unpaired) electrons. The molecule has 0 aliphatic carbocycles. The number of piperazine rings is 1. The minimum atomic E-state index is 0.0541. The van der Waals surface area contributed by atoms with Crippen molar-refractivity contribution in [3.63, 3.8) is 0 Å². The van der Waals surface area contributed by atoms with Crippen LogP contribution in [0.1, 0.15) is 15.4 Å². The number of rotatable bonds is 3. The van der Waals surface area contributed by atoms with Crippen molar-refractivity contribution < 1.29 is 4.79 Å². The smallest absolute Gasteiger partial charge is 0.257 e. The Morgan fingerprint density at radius 3 is 2.78 bits per heavy atom. The predicted octanol–water partition coefficient (Wildman–Crippen LogP) is 1.98. The zero-order valence-electron chi connectivity index (χ0n) is 12.6. The van der Waals surface area contributed by atoms with Gasteiger partial charge in [-0.3, -0.25) is 14.8 Å². The van der Waals surface area contributed by atoms with Crippen LogP contribution in [0.3, 0.4) is 0 Å². The van der Waals surface area contributed by atoms with Crippen molar-refractivity contribution in [3.05, 3.63) is 47.2 Å². The number of fused-ring (bicyclic) bond motifs is 1. The maximum atomic E-state index is 12.3. The molecule has 0 spiro atoms. The maximum absolute atomic E-state index is 12.3. The van der Waals surface area contributed by atoms with Gasteiger partial charge in [-0.25, -0.2) is 4.98 Å². The quantitative estimate of drug-likeness (QED) is 0.799. The highest BCUT2D eigenvalue weighted by molar-refractivity contribution is 7.18. The Hall–Kier alpha value is -2.25. The summed E-state index contributed by atoms with van der Waals surface area (Å²) in [6.45, 7) is 4.09. The second kappa shape index (κ2) is 6.10. The lowest BCUT2D eigenvalue weighted by Gasteiger charge is -2.34. The fraction of sp³-hybridized carbons (Fsp3) is 0.312. The second-order valence-corrected chi connectivity index (χ2v) is 6.75. The summed E-state index contributed by atoms with van der Waals surface area (Å²) < 4.78 is 1.23. The molecule has 7 heteroatoms. The molecular weight excluding hydrogens is 310 g/mol. The Kier molecular flexibility index (Phi) is 3.80. The molecule has 1 aliphatic heterocycles. The number of carbonyl (C=O) groups is 1. The van der Waals surface area contributed by atoms with Crippen LogP contribution in [0.2, 0.25) is 0 Å². The zero-order valence-corrected chi connectivity index (χ0v) is 13.4. The lowest BCUT2D eigenvalue weighted by atomic mass is 10.2. The molecule has 1 saturated heterocycles. The monoisotopic (exact) mass is 327 g/mol. The van der Waals surface area contributed by atoms with Crippen LogP contribution in [0.5, 0.6) is 0 Å². The Bertz CT molecular complexity index is 772. The number of nitrogens with one attached hydrogen (secondary N) is 1. The van der Waals surface area contributed by atoms with Crippen molar-refractivity contribution in [3.8, 4) is 0 Å². The summed E-state index contributed by atoms with van der Waals surface area (Å²) in [5.74, 6) is 0.0541. The Balaban J connectivity index is 1.37. The molecule has 1 aliphatic rings. The maximum Gasteiger partial charge on any atom is 0.257 e. The van der Waals surface area contributed by atoms with E-state index in [2.05, 4.69) is 32.2 Å². The molecule has 23 heavy (non-hydrogen) atoms. The lowest BCUT2D eigenvalue weighted by Crippen LogP contribution is -2.48. The fourth-order valence-corrected chi connectivity index (χ4v) is 3.85. The summed E-state index contributed by atoms with van der Waals surface area (Å²) >= 11 is 1.75. The number of para-hydroxylation sites is 1. The summed E-state index contributed by atoms with van der Waals surface area (Å²) in [7, 11) is 0. The Morgan fingerprint density at radius 1 is 1.22 bits per heavy atom. The molecule has 1 aromatic carbocycles. The molecular formula is C16H17N5OS. The van der Waals surface area contributed by atoms with E-state index in [0.29, 0.717) is 5.56 Å². The number of aromatic nitrogens is 3. The summed E-state index contributed by atoms with van der Waals surface area (Å²) in [5, 5.41) is 7.67. The first-order valence-electron chi connectivity index (χ1n) is 7.64. The molecule has 3 aromatic rings. The van der Waals surface area contributed by atoms with E-state index < -0.39 is 0 Å². The van der Waals surface area contributed by atoms with Crippen LogP contribution in [0, 0.1) is 0 Å². The largest absolute Gasteiger partial charge is 0.336 e. The van der Waals surface area contributed by atoms with Gasteiger partial charge in [-0.05, 0) is 12.1 Å². The van der Waals surface area contributed by atoms with E-state index >= 15 is 0 Å². The first-order valence-corrected chi connectivity index (χ1v) is 8.46. The van der Waals surface area contributed by atoms with Gasteiger partial charge in [-0.15, -0.1) is 11.3 Å². The number of carbonyl (C=O) groups excluding carboxylic acids is 1.